The van der Waals surface area contributed by atoms with E-state index in [2.05, 4.69) is 19.1 Å². The van der Waals surface area contributed by atoms with Crippen LogP contribution in [0.25, 0.3) is 0 Å². The molecular weight excluding hydrogens is 284 g/mol. The van der Waals surface area contributed by atoms with Gasteiger partial charge in [-0.05, 0) is 37.8 Å². The summed E-state index contributed by atoms with van der Waals surface area (Å²) in [5, 5.41) is 0. The Morgan fingerprint density at radius 1 is 1.33 bits per heavy atom. The minimum atomic E-state index is -0.362. The van der Waals surface area contributed by atoms with E-state index in [0.29, 0.717) is 18.5 Å². The summed E-state index contributed by atoms with van der Waals surface area (Å²) in [5.74, 6) is 0.714. The van der Waals surface area contributed by atoms with Gasteiger partial charge in [-0.3, -0.25) is 4.79 Å². The average molecular weight is 311 g/mol. The number of rotatable bonds is 4. The maximum atomic E-state index is 12.8. The topological polar surface area (TPSA) is 46.3 Å². The molecule has 21 heavy (non-hydrogen) atoms. The van der Waals surface area contributed by atoms with Gasteiger partial charge in [0, 0.05) is 18.0 Å². The van der Waals surface area contributed by atoms with Crippen LogP contribution in [0.3, 0.4) is 0 Å². The molecule has 0 saturated carbocycles. The SMILES string of the molecule is CC1CC(CN)CN1C(=O)C(C)(C)Cc1ccccc1.Cl. The van der Waals surface area contributed by atoms with E-state index < -0.39 is 0 Å². The normalized spacial score (nSPS) is 22.0. The molecule has 0 aromatic heterocycles. The Hall–Kier alpha value is -1.06. The van der Waals surface area contributed by atoms with E-state index in [4.69, 9.17) is 5.73 Å². The fourth-order valence-electron chi connectivity index (χ4n) is 3.17. The summed E-state index contributed by atoms with van der Waals surface area (Å²) >= 11 is 0. The first kappa shape index (κ1) is 18.0. The van der Waals surface area contributed by atoms with Crippen molar-refractivity contribution < 1.29 is 4.79 Å². The fourth-order valence-corrected chi connectivity index (χ4v) is 3.17. The van der Waals surface area contributed by atoms with E-state index in [0.717, 1.165) is 19.4 Å². The number of likely N-dealkylation sites (tertiary alicyclic amines) is 1. The van der Waals surface area contributed by atoms with E-state index in [1.807, 2.05) is 36.9 Å². The number of carbonyl (C=O) groups excluding carboxylic acids is 1. The summed E-state index contributed by atoms with van der Waals surface area (Å²) in [5.41, 5.74) is 6.61. The summed E-state index contributed by atoms with van der Waals surface area (Å²) < 4.78 is 0. The van der Waals surface area contributed by atoms with Crippen LogP contribution in [0, 0.1) is 11.3 Å². The molecule has 1 saturated heterocycles. The largest absolute Gasteiger partial charge is 0.339 e. The van der Waals surface area contributed by atoms with E-state index in [1.54, 1.807) is 0 Å². The minimum absolute atomic E-state index is 0. The van der Waals surface area contributed by atoms with Gasteiger partial charge in [-0.1, -0.05) is 44.2 Å². The van der Waals surface area contributed by atoms with E-state index >= 15 is 0 Å². The van der Waals surface area contributed by atoms with Crippen molar-refractivity contribution in [1.29, 1.82) is 0 Å². The number of hydrogen-bond donors (Lipinski definition) is 1. The maximum absolute atomic E-state index is 12.8. The van der Waals surface area contributed by atoms with Crippen molar-refractivity contribution in [3.05, 3.63) is 35.9 Å². The van der Waals surface area contributed by atoms with Crippen LogP contribution in [-0.4, -0.2) is 29.9 Å². The third-order valence-electron chi connectivity index (χ3n) is 4.32. The van der Waals surface area contributed by atoms with Gasteiger partial charge in [-0.15, -0.1) is 12.4 Å². The molecule has 2 N–H and O–H groups in total. The van der Waals surface area contributed by atoms with Gasteiger partial charge in [-0.2, -0.15) is 0 Å². The molecule has 2 atom stereocenters. The maximum Gasteiger partial charge on any atom is 0.228 e. The Morgan fingerprint density at radius 2 is 1.95 bits per heavy atom. The Morgan fingerprint density at radius 3 is 2.48 bits per heavy atom. The van der Waals surface area contributed by atoms with E-state index in [-0.39, 0.29) is 23.7 Å². The third-order valence-corrected chi connectivity index (χ3v) is 4.32. The zero-order valence-electron chi connectivity index (χ0n) is 13.2. The van der Waals surface area contributed by atoms with Gasteiger partial charge < -0.3 is 10.6 Å². The summed E-state index contributed by atoms with van der Waals surface area (Å²) in [6, 6.07) is 10.5. The van der Waals surface area contributed by atoms with Crippen molar-refractivity contribution in [2.45, 2.75) is 39.7 Å². The summed E-state index contributed by atoms with van der Waals surface area (Å²) in [7, 11) is 0. The first-order valence-electron chi connectivity index (χ1n) is 7.49. The Labute approximate surface area is 134 Å². The minimum Gasteiger partial charge on any atom is -0.339 e. The fraction of sp³-hybridized carbons (Fsp3) is 0.588. The van der Waals surface area contributed by atoms with Crippen LogP contribution >= 0.6 is 12.4 Å². The second-order valence-electron chi connectivity index (χ2n) is 6.69. The molecule has 0 bridgehead atoms. The van der Waals surface area contributed by atoms with Crippen molar-refractivity contribution in [3.63, 3.8) is 0 Å². The van der Waals surface area contributed by atoms with Gasteiger partial charge in [0.1, 0.15) is 0 Å². The standard InChI is InChI=1S/C17H26N2O.ClH/c1-13-9-15(11-18)12-19(13)16(20)17(2,3)10-14-7-5-4-6-8-14;/h4-8,13,15H,9-12,18H2,1-3H3;1H. The van der Waals surface area contributed by atoms with Crippen LogP contribution in [0.5, 0.6) is 0 Å². The second-order valence-corrected chi connectivity index (χ2v) is 6.69. The molecule has 118 valence electrons. The Bertz CT molecular complexity index is 461. The highest BCUT2D eigenvalue weighted by molar-refractivity contribution is 5.85. The van der Waals surface area contributed by atoms with E-state index in [9.17, 15) is 4.79 Å². The quantitative estimate of drug-likeness (QED) is 0.929. The molecule has 4 heteroatoms. The molecule has 0 aliphatic carbocycles. The second kappa shape index (κ2) is 7.28. The predicted molar refractivity (Wildman–Crippen MR) is 89.5 cm³/mol. The van der Waals surface area contributed by atoms with Gasteiger partial charge in [0.05, 0.1) is 0 Å². The number of halogens is 1. The lowest BCUT2D eigenvalue weighted by atomic mass is 9.84. The predicted octanol–water partition coefficient (Wildman–Crippen LogP) is 2.87. The van der Waals surface area contributed by atoms with Crippen molar-refractivity contribution in [3.8, 4) is 0 Å². The molecule has 1 aliphatic heterocycles. The number of hydrogen-bond acceptors (Lipinski definition) is 2. The molecule has 1 heterocycles. The van der Waals surface area contributed by atoms with Crippen molar-refractivity contribution >= 4 is 18.3 Å². The molecule has 1 amide bonds. The monoisotopic (exact) mass is 310 g/mol. The molecule has 3 nitrogen and oxygen atoms in total. The summed E-state index contributed by atoms with van der Waals surface area (Å²) in [4.78, 5) is 14.9. The molecule has 1 aromatic carbocycles. The zero-order chi connectivity index (χ0) is 14.8. The third kappa shape index (κ3) is 4.21. The lowest BCUT2D eigenvalue weighted by molar-refractivity contribution is -0.141. The van der Waals surface area contributed by atoms with Gasteiger partial charge in [-0.25, -0.2) is 0 Å². The van der Waals surface area contributed by atoms with Gasteiger partial charge >= 0.3 is 0 Å². The lowest BCUT2D eigenvalue weighted by Gasteiger charge is -2.32. The highest BCUT2D eigenvalue weighted by atomic mass is 35.5. The van der Waals surface area contributed by atoms with Gasteiger partial charge in [0.15, 0.2) is 0 Å². The molecule has 1 aliphatic rings. The van der Waals surface area contributed by atoms with Crippen LogP contribution in [-0.2, 0) is 11.2 Å². The number of nitrogens with zero attached hydrogens (tertiary/aromatic N) is 1. The van der Waals surface area contributed by atoms with Crippen LogP contribution in [0.15, 0.2) is 30.3 Å². The lowest BCUT2D eigenvalue weighted by Crippen LogP contribution is -2.44. The van der Waals surface area contributed by atoms with Crippen molar-refractivity contribution in [2.75, 3.05) is 13.1 Å². The number of nitrogens with two attached hydrogens (primary N) is 1. The van der Waals surface area contributed by atoms with Crippen molar-refractivity contribution in [2.24, 2.45) is 17.1 Å². The molecule has 1 aromatic rings. The van der Waals surface area contributed by atoms with Crippen LogP contribution in [0.2, 0.25) is 0 Å². The smallest absolute Gasteiger partial charge is 0.228 e. The average Bonchev–Trinajstić information content (AvgIpc) is 2.79. The van der Waals surface area contributed by atoms with Crippen LogP contribution in [0.4, 0.5) is 0 Å². The van der Waals surface area contributed by atoms with E-state index in [1.165, 1.54) is 5.56 Å². The Kier molecular flexibility index (Phi) is 6.24. The van der Waals surface area contributed by atoms with Gasteiger partial charge in [0.2, 0.25) is 5.91 Å². The molecule has 2 rings (SSSR count). The number of amides is 1. The zero-order valence-corrected chi connectivity index (χ0v) is 14.0. The summed E-state index contributed by atoms with van der Waals surface area (Å²) in [6.45, 7) is 7.71. The highest BCUT2D eigenvalue weighted by Crippen LogP contribution is 2.30. The Balaban J connectivity index is 0.00000220. The molecule has 0 radical (unpaired) electrons. The highest BCUT2D eigenvalue weighted by Gasteiger charge is 2.38. The summed E-state index contributed by atoms with van der Waals surface area (Å²) in [6.07, 6.45) is 1.81. The van der Waals surface area contributed by atoms with Gasteiger partial charge in [0.25, 0.3) is 0 Å². The van der Waals surface area contributed by atoms with Crippen LogP contribution < -0.4 is 5.73 Å². The van der Waals surface area contributed by atoms with Crippen molar-refractivity contribution in [1.82, 2.24) is 4.90 Å². The first-order chi connectivity index (χ1) is 9.44. The number of benzene rings is 1. The number of carbonyl (C=O) groups is 1. The molecular formula is C17H27ClN2O. The van der Waals surface area contributed by atoms with Crippen LogP contribution in [0.1, 0.15) is 32.8 Å². The molecule has 2 unspecified atom stereocenters. The first-order valence-corrected chi connectivity index (χ1v) is 7.49. The molecule has 0 spiro atoms. The molecule has 1 fully saturated rings.